The summed E-state index contributed by atoms with van der Waals surface area (Å²) in [6, 6.07) is 5.78. The number of benzene rings is 1. The summed E-state index contributed by atoms with van der Waals surface area (Å²) in [6.07, 6.45) is 0.0588. The summed E-state index contributed by atoms with van der Waals surface area (Å²) in [4.78, 5) is 23.6. The van der Waals surface area contributed by atoms with Gasteiger partial charge in [-0.1, -0.05) is 19.9 Å². The van der Waals surface area contributed by atoms with Crippen LogP contribution in [0.2, 0.25) is 0 Å². The molecule has 5 heteroatoms. The molecule has 1 unspecified atom stereocenters. The number of aliphatic carboxylic acids is 1. The summed E-state index contributed by atoms with van der Waals surface area (Å²) in [5, 5.41) is 11.7. The SMILES string of the molecule is CC1Sc2ccc(C(C)(C)CC(=O)O)cc2NC1=O. The molecule has 2 N–H and O–H groups in total. The number of carboxylic acid groups (broad SMARTS) is 1. The van der Waals surface area contributed by atoms with Gasteiger partial charge in [0.1, 0.15) is 0 Å². The zero-order chi connectivity index (χ0) is 14.2. The van der Waals surface area contributed by atoms with Gasteiger partial charge >= 0.3 is 5.97 Å². The van der Waals surface area contributed by atoms with Gasteiger partial charge < -0.3 is 10.4 Å². The van der Waals surface area contributed by atoms with E-state index in [1.165, 1.54) is 11.8 Å². The Morgan fingerprint density at radius 3 is 2.79 bits per heavy atom. The fourth-order valence-electron chi connectivity index (χ4n) is 2.11. The highest BCUT2D eigenvalue weighted by molar-refractivity contribution is 8.00. The van der Waals surface area contributed by atoms with Crippen molar-refractivity contribution in [2.45, 2.75) is 42.8 Å². The maximum absolute atomic E-state index is 11.7. The Morgan fingerprint density at radius 1 is 1.47 bits per heavy atom. The molecule has 0 bridgehead atoms. The van der Waals surface area contributed by atoms with Crippen LogP contribution in [0.25, 0.3) is 0 Å². The van der Waals surface area contributed by atoms with E-state index in [4.69, 9.17) is 5.11 Å². The smallest absolute Gasteiger partial charge is 0.304 e. The van der Waals surface area contributed by atoms with E-state index < -0.39 is 11.4 Å². The second-order valence-electron chi connectivity index (χ2n) is 5.41. The molecule has 2 rings (SSSR count). The van der Waals surface area contributed by atoms with Crippen LogP contribution in [0, 0.1) is 0 Å². The van der Waals surface area contributed by atoms with Crippen LogP contribution in [-0.2, 0) is 15.0 Å². The van der Waals surface area contributed by atoms with Crippen LogP contribution in [0.5, 0.6) is 0 Å². The van der Waals surface area contributed by atoms with Crippen molar-refractivity contribution < 1.29 is 14.7 Å². The number of anilines is 1. The number of carbonyl (C=O) groups is 2. The molecular weight excluding hydrogens is 262 g/mol. The molecule has 0 aromatic heterocycles. The number of hydrogen-bond donors (Lipinski definition) is 2. The summed E-state index contributed by atoms with van der Waals surface area (Å²) in [5.41, 5.74) is 1.24. The number of amides is 1. The minimum Gasteiger partial charge on any atom is -0.481 e. The van der Waals surface area contributed by atoms with Crippen molar-refractivity contribution in [2.24, 2.45) is 0 Å². The van der Waals surface area contributed by atoms with E-state index in [2.05, 4.69) is 5.32 Å². The molecule has 1 aromatic rings. The fourth-order valence-corrected chi connectivity index (χ4v) is 3.04. The van der Waals surface area contributed by atoms with Gasteiger partial charge in [-0.3, -0.25) is 9.59 Å². The fraction of sp³-hybridized carbons (Fsp3) is 0.429. The van der Waals surface area contributed by atoms with Crippen LogP contribution in [0.4, 0.5) is 5.69 Å². The molecule has 0 saturated heterocycles. The summed E-state index contributed by atoms with van der Waals surface area (Å²) in [7, 11) is 0. The molecule has 0 spiro atoms. The highest BCUT2D eigenvalue weighted by atomic mass is 32.2. The normalized spacial score (nSPS) is 18.7. The molecule has 0 saturated carbocycles. The zero-order valence-electron chi connectivity index (χ0n) is 11.2. The number of thioether (sulfide) groups is 1. The van der Waals surface area contributed by atoms with E-state index in [9.17, 15) is 9.59 Å². The van der Waals surface area contributed by atoms with Gasteiger partial charge in [-0.15, -0.1) is 11.8 Å². The molecule has 1 aliphatic heterocycles. The lowest BCUT2D eigenvalue weighted by Gasteiger charge is -2.27. The van der Waals surface area contributed by atoms with Crippen molar-refractivity contribution in [2.75, 3.05) is 5.32 Å². The molecule has 1 aromatic carbocycles. The van der Waals surface area contributed by atoms with Crippen LogP contribution in [0.1, 0.15) is 32.8 Å². The quantitative estimate of drug-likeness (QED) is 0.893. The van der Waals surface area contributed by atoms with Gasteiger partial charge in [-0.2, -0.15) is 0 Å². The first-order valence-corrected chi connectivity index (χ1v) is 7.01. The second-order valence-corrected chi connectivity index (χ2v) is 6.80. The van der Waals surface area contributed by atoms with E-state index in [-0.39, 0.29) is 17.6 Å². The summed E-state index contributed by atoms with van der Waals surface area (Å²) in [6.45, 7) is 5.65. The number of fused-ring (bicyclic) bond motifs is 1. The Kier molecular flexibility index (Phi) is 3.58. The van der Waals surface area contributed by atoms with Gasteiger partial charge in [-0.05, 0) is 24.6 Å². The standard InChI is InChI=1S/C14H17NO3S/c1-8-13(18)15-10-6-9(4-5-11(10)19-8)14(2,3)7-12(16)17/h4-6,8H,7H2,1-3H3,(H,15,18)(H,16,17). The zero-order valence-corrected chi connectivity index (χ0v) is 12.0. The molecule has 4 nitrogen and oxygen atoms in total. The van der Waals surface area contributed by atoms with Crippen molar-refractivity contribution in [1.29, 1.82) is 0 Å². The van der Waals surface area contributed by atoms with Crippen molar-refractivity contribution in [3.63, 3.8) is 0 Å². The third-order valence-electron chi connectivity index (χ3n) is 3.29. The average molecular weight is 279 g/mol. The molecule has 0 fully saturated rings. The Balaban J connectivity index is 2.34. The molecular formula is C14H17NO3S. The first kappa shape index (κ1) is 13.9. The third kappa shape index (κ3) is 2.92. The minimum atomic E-state index is -0.824. The van der Waals surface area contributed by atoms with Crippen LogP contribution in [0.3, 0.4) is 0 Å². The largest absolute Gasteiger partial charge is 0.481 e. The summed E-state index contributed by atoms with van der Waals surface area (Å²) >= 11 is 1.52. The lowest BCUT2D eigenvalue weighted by Crippen LogP contribution is -2.27. The molecule has 19 heavy (non-hydrogen) atoms. The van der Waals surface area contributed by atoms with Crippen LogP contribution in [-0.4, -0.2) is 22.2 Å². The van der Waals surface area contributed by atoms with Gasteiger partial charge in [0.15, 0.2) is 0 Å². The third-order valence-corrected chi connectivity index (χ3v) is 4.46. The number of rotatable bonds is 3. The minimum absolute atomic E-state index is 0.00862. The Morgan fingerprint density at radius 2 is 2.16 bits per heavy atom. The van der Waals surface area contributed by atoms with Gasteiger partial charge in [0, 0.05) is 10.3 Å². The van der Waals surface area contributed by atoms with E-state index >= 15 is 0 Å². The predicted octanol–water partition coefficient (Wildman–Crippen LogP) is 2.87. The molecule has 0 radical (unpaired) electrons. The van der Waals surface area contributed by atoms with E-state index in [0.29, 0.717) is 0 Å². The molecule has 1 atom stereocenters. The molecule has 1 amide bonds. The van der Waals surface area contributed by atoms with Crippen LogP contribution < -0.4 is 5.32 Å². The van der Waals surface area contributed by atoms with Crippen molar-refractivity contribution in [3.05, 3.63) is 23.8 Å². The lowest BCUT2D eigenvalue weighted by molar-refractivity contribution is -0.138. The predicted molar refractivity (Wildman–Crippen MR) is 75.7 cm³/mol. The molecule has 102 valence electrons. The number of hydrogen-bond acceptors (Lipinski definition) is 3. The van der Waals surface area contributed by atoms with Gasteiger partial charge in [0.25, 0.3) is 0 Å². The topological polar surface area (TPSA) is 66.4 Å². The Bertz CT molecular complexity index is 539. The first-order chi connectivity index (χ1) is 8.79. The number of nitrogens with one attached hydrogen (secondary N) is 1. The number of carbonyl (C=O) groups excluding carboxylic acids is 1. The van der Waals surface area contributed by atoms with E-state index in [0.717, 1.165) is 16.1 Å². The van der Waals surface area contributed by atoms with Gasteiger partial charge in [0.05, 0.1) is 17.4 Å². The highest BCUT2D eigenvalue weighted by Gasteiger charge is 2.28. The highest BCUT2D eigenvalue weighted by Crippen LogP contribution is 2.38. The van der Waals surface area contributed by atoms with Crippen molar-refractivity contribution in [1.82, 2.24) is 0 Å². The van der Waals surface area contributed by atoms with Gasteiger partial charge in [-0.25, -0.2) is 0 Å². The summed E-state index contributed by atoms with van der Waals surface area (Å²) in [5.74, 6) is -0.833. The van der Waals surface area contributed by atoms with E-state index in [1.54, 1.807) is 0 Å². The molecule has 1 aliphatic rings. The van der Waals surface area contributed by atoms with Crippen molar-refractivity contribution >= 4 is 29.3 Å². The Labute approximate surface area is 116 Å². The van der Waals surface area contributed by atoms with E-state index in [1.807, 2.05) is 39.0 Å². The van der Waals surface area contributed by atoms with Crippen LogP contribution in [0.15, 0.2) is 23.1 Å². The maximum atomic E-state index is 11.7. The van der Waals surface area contributed by atoms with Crippen LogP contribution >= 0.6 is 11.8 Å². The van der Waals surface area contributed by atoms with Gasteiger partial charge in [0.2, 0.25) is 5.91 Å². The first-order valence-electron chi connectivity index (χ1n) is 6.13. The number of carboxylic acids is 1. The second kappa shape index (κ2) is 4.89. The average Bonchev–Trinajstić information content (AvgIpc) is 2.28. The summed E-state index contributed by atoms with van der Waals surface area (Å²) < 4.78 is 0. The Hall–Kier alpha value is -1.49. The lowest BCUT2D eigenvalue weighted by atomic mass is 9.81. The molecule has 1 heterocycles. The van der Waals surface area contributed by atoms with Crippen molar-refractivity contribution in [3.8, 4) is 0 Å². The maximum Gasteiger partial charge on any atom is 0.304 e. The monoisotopic (exact) mass is 279 g/mol. The molecule has 0 aliphatic carbocycles.